The fourth-order valence-corrected chi connectivity index (χ4v) is 3.99. The lowest BCUT2D eigenvalue weighted by Gasteiger charge is -2.20. The van der Waals surface area contributed by atoms with E-state index in [-0.39, 0.29) is 6.54 Å². The van der Waals surface area contributed by atoms with Gasteiger partial charge in [0, 0.05) is 12.4 Å². The molecule has 5 nitrogen and oxygen atoms in total. The molecule has 0 spiro atoms. The van der Waals surface area contributed by atoms with Gasteiger partial charge in [-0.3, -0.25) is 14.7 Å². The monoisotopic (exact) mass is 425 g/mol. The summed E-state index contributed by atoms with van der Waals surface area (Å²) in [5.74, 6) is -1.96. The molecule has 0 N–H and O–H groups in total. The lowest BCUT2D eigenvalue weighted by atomic mass is 10.1. The number of hydrogen-bond acceptors (Lipinski definition) is 5. The van der Waals surface area contributed by atoms with Gasteiger partial charge in [-0.05, 0) is 48.9 Å². The summed E-state index contributed by atoms with van der Waals surface area (Å²) in [6.07, 6.45) is 3.21. The van der Waals surface area contributed by atoms with Crippen LogP contribution in [0, 0.1) is 11.6 Å². The van der Waals surface area contributed by atoms with Gasteiger partial charge < -0.3 is 4.74 Å². The quantitative estimate of drug-likeness (QED) is 0.425. The van der Waals surface area contributed by atoms with Crippen LogP contribution in [-0.2, 0) is 6.54 Å². The zero-order chi connectivity index (χ0) is 21.1. The van der Waals surface area contributed by atoms with E-state index >= 15 is 0 Å². The second-order valence-electron chi connectivity index (χ2n) is 6.41. The van der Waals surface area contributed by atoms with E-state index in [9.17, 15) is 13.6 Å². The number of halogens is 2. The number of nitrogens with zero attached hydrogens (tertiary/aromatic N) is 3. The van der Waals surface area contributed by atoms with Gasteiger partial charge in [0.25, 0.3) is 5.91 Å². The first-order valence-corrected chi connectivity index (χ1v) is 10.1. The molecule has 2 aromatic carbocycles. The molecule has 0 radical (unpaired) electrons. The summed E-state index contributed by atoms with van der Waals surface area (Å²) in [6, 6.07) is 12.3. The van der Waals surface area contributed by atoms with Crippen LogP contribution in [0.3, 0.4) is 0 Å². The van der Waals surface area contributed by atoms with E-state index in [1.165, 1.54) is 22.3 Å². The zero-order valence-electron chi connectivity index (χ0n) is 16.0. The number of hydrogen-bond donors (Lipinski definition) is 0. The highest BCUT2D eigenvalue weighted by molar-refractivity contribution is 7.22. The summed E-state index contributed by atoms with van der Waals surface area (Å²) in [5, 5.41) is 0.329. The fraction of sp³-hybridized carbons (Fsp3) is 0.136. The number of pyridine rings is 1. The van der Waals surface area contributed by atoms with Gasteiger partial charge in [-0.2, -0.15) is 0 Å². The van der Waals surface area contributed by atoms with E-state index in [2.05, 4.69) is 9.97 Å². The maximum Gasteiger partial charge on any atom is 0.266 e. The number of benzene rings is 2. The van der Waals surface area contributed by atoms with Crippen LogP contribution in [0.15, 0.2) is 60.9 Å². The number of carbonyl (C=O) groups is 1. The molecule has 0 atom stereocenters. The van der Waals surface area contributed by atoms with E-state index in [0.29, 0.717) is 28.6 Å². The zero-order valence-corrected chi connectivity index (χ0v) is 16.8. The van der Waals surface area contributed by atoms with Gasteiger partial charge in [0.2, 0.25) is 0 Å². The molecule has 0 saturated heterocycles. The van der Waals surface area contributed by atoms with Crippen LogP contribution in [0.1, 0.15) is 22.8 Å². The molecule has 0 aliphatic heterocycles. The molecule has 0 aliphatic carbocycles. The van der Waals surface area contributed by atoms with Crippen LogP contribution >= 0.6 is 11.3 Å². The third kappa shape index (κ3) is 3.99. The molecule has 2 aromatic heterocycles. The summed E-state index contributed by atoms with van der Waals surface area (Å²) < 4.78 is 35.0. The van der Waals surface area contributed by atoms with E-state index < -0.39 is 23.1 Å². The Hall–Kier alpha value is -3.39. The summed E-state index contributed by atoms with van der Waals surface area (Å²) in [7, 11) is 0. The van der Waals surface area contributed by atoms with Crippen LogP contribution in [0.4, 0.5) is 13.9 Å². The van der Waals surface area contributed by atoms with Crippen molar-refractivity contribution in [3.05, 3.63) is 83.7 Å². The van der Waals surface area contributed by atoms with Gasteiger partial charge in [0.05, 0.1) is 23.4 Å². The van der Waals surface area contributed by atoms with E-state index in [1.54, 1.807) is 36.7 Å². The molecular weight excluding hydrogens is 408 g/mol. The Morgan fingerprint density at radius 3 is 2.63 bits per heavy atom. The second-order valence-corrected chi connectivity index (χ2v) is 7.42. The lowest BCUT2D eigenvalue weighted by Crippen LogP contribution is -2.32. The summed E-state index contributed by atoms with van der Waals surface area (Å²) in [4.78, 5) is 23.0. The molecule has 0 bridgehead atoms. The molecule has 8 heteroatoms. The second kappa shape index (κ2) is 8.54. The smallest absolute Gasteiger partial charge is 0.266 e. The van der Waals surface area contributed by atoms with Gasteiger partial charge in [-0.15, -0.1) is 0 Å². The maximum atomic E-state index is 14.3. The van der Waals surface area contributed by atoms with E-state index in [1.807, 2.05) is 13.0 Å². The molecule has 0 saturated carbocycles. The predicted molar refractivity (Wildman–Crippen MR) is 112 cm³/mol. The summed E-state index contributed by atoms with van der Waals surface area (Å²) in [5.41, 5.74) is 0.754. The average Bonchev–Trinajstić information content (AvgIpc) is 3.16. The lowest BCUT2D eigenvalue weighted by molar-refractivity contribution is 0.0977. The van der Waals surface area contributed by atoms with Gasteiger partial charge in [-0.1, -0.05) is 23.5 Å². The molecule has 2 heterocycles. The summed E-state index contributed by atoms with van der Waals surface area (Å²) >= 11 is 1.25. The Bertz CT molecular complexity index is 1180. The molecule has 0 aliphatic rings. The minimum absolute atomic E-state index is 0.0680. The van der Waals surface area contributed by atoms with E-state index in [0.717, 1.165) is 16.8 Å². The normalized spacial score (nSPS) is 10.9. The highest BCUT2D eigenvalue weighted by atomic mass is 32.1. The van der Waals surface area contributed by atoms with Crippen molar-refractivity contribution in [3.8, 4) is 5.75 Å². The first kappa shape index (κ1) is 19.9. The number of carbonyl (C=O) groups excluding carboxylic acids is 1. The van der Waals surface area contributed by atoms with Gasteiger partial charge in [0.15, 0.2) is 5.13 Å². The molecule has 0 unspecified atom stereocenters. The average molecular weight is 425 g/mol. The molecule has 0 fully saturated rings. The number of anilines is 1. The highest BCUT2D eigenvalue weighted by Gasteiger charge is 2.27. The van der Waals surface area contributed by atoms with Crippen molar-refractivity contribution in [1.82, 2.24) is 9.97 Å². The Balaban J connectivity index is 1.79. The fourth-order valence-electron chi connectivity index (χ4n) is 3.00. The predicted octanol–water partition coefficient (Wildman–Crippen LogP) is 5.22. The third-order valence-corrected chi connectivity index (χ3v) is 5.42. The Kier molecular flexibility index (Phi) is 5.67. The minimum Gasteiger partial charge on any atom is -0.494 e. The van der Waals surface area contributed by atoms with Crippen molar-refractivity contribution in [2.45, 2.75) is 13.5 Å². The van der Waals surface area contributed by atoms with Crippen LogP contribution in [0.5, 0.6) is 5.75 Å². The van der Waals surface area contributed by atoms with Crippen molar-refractivity contribution >= 4 is 32.6 Å². The molecule has 4 aromatic rings. The molecule has 152 valence electrons. The highest BCUT2D eigenvalue weighted by Crippen LogP contribution is 2.33. The van der Waals surface area contributed by atoms with Gasteiger partial charge >= 0.3 is 0 Å². The SMILES string of the molecule is CCOc1ccc2nc(N(Cc3cccnc3)C(=O)c3c(F)cccc3F)sc2c1. The van der Waals surface area contributed by atoms with Crippen molar-refractivity contribution < 1.29 is 18.3 Å². The Morgan fingerprint density at radius 2 is 1.93 bits per heavy atom. The number of ether oxygens (including phenoxy) is 1. The van der Waals surface area contributed by atoms with Crippen molar-refractivity contribution in [2.24, 2.45) is 0 Å². The Labute approximate surface area is 175 Å². The third-order valence-electron chi connectivity index (χ3n) is 4.38. The Morgan fingerprint density at radius 1 is 1.13 bits per heavy atom. The van der Waals surface area contributed by atoms with Crippen molar-refractivity contribution in [2.75, 3.05) is 11.5 Å². The molecular formula is C22H17F2N3O2S. The first-order valence-electron chi connectivity index (χ1n) is 9.25. The van der Waals surface area contributed by atoms with Crippen LogP contribution in [0.25, 0.3) is 10.2 Å². The largest absolute Gasteiger partial charge is 0.494 e. The number of amides is 1. The number of thiazole rings is 1. The summed E-state index contributed by atoms with van der Waals surface area (Å²) in [6.45, 7) is 2.48. The van der Waals surface area contributed by atoms with Crippen molar-refractivity contribution in [1.29, 1.82) is 0 Å². The van der Waals surface area contributed by atoms with Gasteiger partial charge in [-0.25, -0.2) is 13.8 Å². The molecule has 1 amide bonds. The molecule has 30 heavy (non-hydrogen) atoms. The maximum absolute atomic E-state index is 14.3. The first-order chi connectivity index (χ1) is 14.6. The number of rotatable bonds is 6. The van der Waals surface area contributed by atoms with Crippen LogP contribution in [-0.4, -0.2) is 22.5 Å². The number of fused-ring (bicyclic) bond motifs is 1. The van der Waals surface area contributed by atoms with Gasteiger partial charge in [0.1, 0.15) is 22.9 Å². The topological polar surface area (TPSA) is 55.3 Å². The number of aromatic nitrogens is 2. The van der Waals surface area contributed by atoms with Crippen LogP contribution in [0.2, 0.25) is 0 Å². The minimum atomic E-state index is -0.920. The molecule has 4 rings (SSSR count). The van der Waals surface area contributed by atoms with Crippen LogP contribution < -0.4 is 9.64 Å². The van der Waals surface area contributed by atoms with E-state index in [4.69, 9.17) is 4.74 Å². The standard InChI is InChI=1S/C22H17F2N3O2S/c1-2-29-15-8-9-18-19(11-15)30-22(26-18)27(13-14-5-4-10-25-12-14)21(28)20-16(23)6-3-7-17(20)24/h3-12H,2,13H2,1H3. The van der Waals surface area contributed by atoms with Crippen molar-refractivity contribution in [3.63, 3.8) is 0 Å².